The summed E-state index contributed by atoms with van der Waals surface area (Å²) in [4.78, 5) is 34.5. The molecule has 3 saturated heterocycles. The molecule has 4 rings (SSSR count). The topological polar surface area (TPSA) is 204 Å². The van der Waals surface area contributed by atoms with Crippen LogP contribution in [-0.2, 0) is 54.0 Å². The number of aliphatic hydroxyl groups is 4. The van der Waals surface area contributed by atoms with Crippen LogP contribution in [0.5, 0.6) is 0 Å². The van der Waals surface area contributed by atoms with Gasteiger partial charge in [-0.05, 0) is 99.7 Å². The number of unbranched alkanes of at least 4 members (excludes halogenated alkanes) is 1. The van der Waals surface area contributed by atoms with Crippen molar-refractivity contribution in [2.75, 3.05) is 27.8 Å². The van der Waals surface area contributed by atoms with E-state index in [4.69, 9.17) is 38.0 Å². The highest BCUT2D eigenvalue weighted by atomic mass is 16.7. The molecule has 3 aliphatic rings. The van der Waals surface area contributed by atoms with E-state index >= 15 is 0 Å². The molecule has 1 aromatic carbocycles. The van der Waals surface area contributed by atoms with Crippen LogP contribution in [-0.4, -0.2) is 155 Å². The molecule has 0 saturated carbocycles. The fourth-order valence-corrected chi connectivity index (χ4v) is 10.2. The molecule has 0 amide bonds. The van der Waals surface area contributed by atoms with Gasteiger partial charge in [-0.1, -0.05) is 63.2 Å². The lowest BCUT2D eigenvalue weighted by molar-refractivity contribution is -0.318. The van der Waals surface area contributed by atoms with Gasteiger partial charge >= 0.3 is 11.9 Å². The summed E-state index contributed by atoms with van der Waals surface area (Å²) in [5.74, 6) is -4.58. The zero-order chi connectivity index (χ0) is 48.6. The number of nitrogens with zero attached hydrogens (tertiary/aromatic N) is 2. The quantitative estimate of drug-likeness (QED) is 0.108. The Morgan fingerprint density at radius 2 is 1.58 bits per heavy atom. The van der Waals surface area contributed by atoms with Crippen molar-refractivity contribution >= 4 is 17.7 Å². The van der Waals surface area contributed by atoms with Crippen LogP contribution in [0.1, 0.15) is 120 Å². The average Bonchev–Trinajstić information content (AvgIpc) is 3.24. The van der Waals surface area contributed by atoms with Crippen molar-refractivity contribution in [2.24, 2.45) is 28.8 Å². The van der Waals surface area contributed by atoms with E-state index in [9.17, 15) is 30.0 Å². The van der Waals surface area contributed by atoms with Crippen molar-refractivity contribution in [2.45, 2.75) is 205 Å². The number of oxime groups is 1. The number of ether oxygens (including phenoxy) is 7. The molecule has 0 bridgehead atoms. The Bertz CT molecular complexity index is 1680. The number of esters is 2. The van der Waals surface area contributed by atoms with Crippen LogP contribution < -0.4 is 0 Å². The molecule has 3 aliphatic heterocycles. The second-order valence-electron chi connectivity index (χ2n) is 19.9. The monoisotopic (exact) mass is 923 g/mol. The van der Waals surface area contributed by atoms with E-state index in [1.807, 2.05) is 51.0 Å². The van der Waals surface area contributed by atoms with E-state index in [0.717, 1.165) is 12.8 Å². The fourth-order valence-electron chi connectivity index (χ4n) is 10.2. The molecular formula is C49H82N2O14. The minimum atomic E-state index is -1.96. The van der Waals surface area contributed by atoms with Crippen molar-refractivity contribution in [3.8, 4) is 0 Å². The molecule has 16 heteroatoms. The van der Waals surface area contributed by atoms with Crippen molar-refractivity contribution in [1.29, 1.82) is 0 Å². The fraction of sp³-hybridized carbons (Fsp3) is 0.816. The summed E-state index contributed by atoms with van der Waals surface area (Å²) in [6, 6.07) is 9.83. The van der Waals surface area contributed by atoms with E-state index in [0.29, 0.717) is 25.2 Å². The number of carbonyl (C=O) groups is 2. The molecule has 0 radical (unpaired) electrons. The van der Waals surface area contributed by atoms with Gasteiger partial charge in [-0.2, -0.15) is 0 Å². The summed E-state index contributed by atoms with van der Waals surface area (Å²) in [5.41, 5.74) is -3.17. The zero-order valence-electron chi connectivity index (χ0n) is 41.5. The van der Waals surface area contributed by atoms with E-state index in [-0.39, 0.29) is 31.4 Å². The predicted octanol–water partition coefficient (Wildman–Crippen LogP) is 5.18. The summed E-state index contributed by atoms with van der Waals surface area (Å²) in [7, 11) is 5.25. The first-order valence-corrected chi connectivity index (χ1v) is 23.6. The molecule has 0 spiro atoms. The number of methoxy groups -OCH3 is 1. The van der Waals surface area contributed by atoms with Crippen LogP contribution in [0.4, 0.5) is 0 Å². The minimum Gasteiger partial charge on any atom is -0.459 e. The number of likely N-dealkylation sites (N-methyl/N-ethyl adjacent to an activating group) is 1. The van der Waals surface area contributed by atoms with Gasteiger partial charge in [0.05, 0.1) is 47.8 Å². The Morgan fingerprint density at radius 1 is 0.923 bits per heavy atom. The number of rotatable bonds is 14. The van der Waals surface area contributed by atoms with Crippen molar-refractivity contribution in [1.82, 2.24) is 4.90 Å². The van der Waals surface area contributed by atoms with Crippen molar-refractivity contribution in [3.63, 3.8) is 0 Å². The maximum Gasteiger partial charge on any atom is 0.311 e. The Labute approximate surface area is 387 Å². The highest BCUT2D eigenvalue weighted by Crippen LogP contribution is 2.41. The summed E-state index contributed by atoms with van der Waals surface area (Å²) in [6.45, 7) is 18.9. The lowest BCUT2D eigenvalue weighted by Crippen LogP contribution is -2.61. The van der Waals surface area contributed by atoms with Crippen LogP contribution in [0.2, 0.25) is 0 Å². The average molecular weight is 923 g/mol. The highest BCUT2D eigenvalue weighted by Gasteiger charge is 2.54. The zero-order valence-corrected chi connectivity index (χ0v) is 41.5. The molecular weight excluding hydrogens is 841 g/mol. The molecule has 1 aromatic rings. The molecule has 3 fully saturated rings. The second-order valence-corrected chi connectivity index (χ2v) is 19.9. The third-order valence-electron chi connectivity index (χ3n) is 14.1. The summed E-state index contributed by atoms with van der Waals surface area (Å²) >= 11 is 0. The van der Waals surface area contributed by atoms with Gasteiger partial charge < -0.3 is 63.3 Å². The predicted molar refractivity (Wildman–Crippen MR) is 244 cm³/mol. The first kappa shape index (κ1) is 54.8. The summed E-state index contributed by atoms with van der Waals surface area (Å²) in [5, 5.41) is 53.5. The van der Waals surface area contributed by atoms with Crippen LogP contribution in [0.15, 0.2) is 35.5 Å². The molecule has 18 atom stereocenters. The summed E-state index contributed by atoms with van der Waals surface area (Å²) < 4.78 is 44.1. The van der Waals surface area contributed by atoms with Gasteiger partial charge in [0.1, 0.15) is 30.0 Å². The normalized spacial score (nSPS) is 42.0. The first-order chi connectivity index (χ1) is 30.4. The van der Waals surface area contributed by atoms with Crippen molar-refractivity contribution < 1.29 is 68.0 Å². The van der Waals surface area contributed by atoms with Crippen molar-refractivity contribution in [3.05, 3.63) is 35.9 Å². The van der Waals surface area contributed by atoms with Gasteiger partial charge in [-0.3, -0.25) is 9.59 Å². The number of hydrogen-bond acceptors (Lipinski definition) is 16. The molecule has 1 unspecified atom stereocenters. The maximum absolute atomic E-state index is 14.5. The Balaban J connectivity index is 1.81. The molecule has 0 aromatic heterocycles. The van der Waals surface area contributed by atoms with Crippen LogP contribution in [0.3, 0.4) is 0 Å². The SMILES string of the molecule is CC[C@H]1OC(=O)[C@H](C)[C@@H](O[C@H]2C[C@@](C)(OC)[C@@H](OC(C)=O)[C@H](C)O2)[C@H](C)[C@@H](O[C@@H]2O[C@H](C)C[C@H](N(C)C)[C@H]2O)C(C)(O)C[C@@H](C)/C(=N\OCCCCc2ccccc2)[C@H](C)[C@@H](O)[C@]1(C)O. The Hall–Kier alpha value is -2.77. The van der Waals surface area contributed by atoms with Crippen LogP contribution in [0, 0.1) is 23.7 Å². The van der Waals surface area contributed by atoms with Gasteiger partial charge in [0.2, 0.25) is 0 Å². The molecule has 4 N–H and O–H groups in total. The highest BCUT2D eigenvalue weighted by molar-refractivity contribution is 5.88. The molecule has 65 heavy (non-hydrogen) atoms. The molecule has 372 valence electrons. The van der Waals surface area contributed by atoms with E-state index in [2.05, 4.69) is 17.3 Å². The van der Waals surface area contributed by atoms with Gasteiger partial charge in [0.15, 0.2) is 18.7 Å². The lowest BCUT2D eigenvalue weighted by atomic mass is 9.73. The van der Waals surface area contributed by atoms with E-state index in [1.165, 1.54) is 26.5 Å². The van der Waals surface area contributed by atoms with E-state index in [1.54, 1.807) is 48.5 Å². The van der Waals surface area contributed by atoms with Crippen LogP contribution >= 0.6 is 0 Å². The number of carbonyl (C=O) groups excluding carboxylic acids is 2. The van der Waals surface area contributed by atoms with Gasteiger partial charge in [0.25, 0.3) is 0 Å². The van der Waals surface area contributed by atoms with Gasteiger partial charge in [-0.15, -0.1) is 0 Å². The lowest BCUT2D eigenvalue weighted by Gasteiger charge is -2.49. The molecule has 16 nitrogen and oxygen atoms in total. The third kappa shape index (κ3) is 13.7. The number of aliphatic hydroxyl groups excluding tert-OH is 2. The van der Waals surface area contributed by atoms with Gasteiger partial charge in [-0.25, -0.2) is 0 Å². The third-order valence-corrected chi connectivity index (χ3v) is 14.1. The van der Waals surface area contributed by atoms with Gasteiger partial charge in [0, 0.05) is 44.2 Å². The minimum absolute atomic E-state index is 0.00157. The largest absolute Gasteiger partial charge is 0.459 e. The Morgan fingerprint density at radius 3 is 2.18 bits per heavy atom. The summed E-state index contributed by atoms with van der Waals surface area (Å²) in [6.07, 6.45) is -6.84. The molecule has 0 aliphatic carbocycles. The smallest absolute Gasteiger partial charge is 0.311 e. The number of hydrogen-bond donors (Lipinski definition) is 4. The number of cyclic esters (lactones) is 1. The molecule has 3 heterocycles. The van der Waals surface area contributed by atoms with Crippen LogP contribution in [0.25, 0.3) is 0 Å². The van der Waals surface area contributed by atoms with E-state index < -0.39 is 108 Å². The standard InChI is InChI=1S/C49H82N2O14/c1-15-37-49(11,57)42(54)30(4)39(50-59-24-20-19-23-35-21-17-16-18-22-35)28(2)26-47(9,56)43(65-46-40(53)36(51(12)13)25-29(3)60-46)31(5)41(32(6)45(55)63-37)64-38-27-48(10,58-14)44(33(7)61-38)62-34(8)52/h16-18,21-22,28-33,36-38,40-44,46,53-54,56-57H,15,19-20,23-27H2,1-14H3/b50-39+/t28-,29-,30+,31+,32-,33+,36+,37-,38+,40-,41+,42-,43-,44+,46+,47?,48-,49-/m1/s1. The maximum atomic E-state index is 14.5. The number of benzene rings is 1. The number of aryl methyl sites for hydroxylation is 1. The Kier molecular flexibility index (Phi) is 19.8. The second kappa shape index (κ2) is 23.5. The first-order valence-electron chi connectivity index (χ1n) is 23.6.